The Morgan fingerprint density at radius 2 is 1.63 bits per heavy atom. The summed E-state index contributed by atoms with van der Waals surface area (Å²) < 4.78 is 49.5. The molecular formula is C11H22N2O4S2. The van der Waals surface area contributed by atoms with Gasteiger partial charge in [0.1, 0.15) is 9.84 Å². The van der Waals surface area contributed by atoms with Gasteiger partial charge in [0.25, 0.3) is 0 Å². The highest BCUT2D eigenvalue weighted by Gasteiger charge is 2.32. The maximum Gasteiger partial charge on any atom is 0.214 e. The van der Waals surface area contributed by atoms with Gasteiger partial charge in [-0.15, -0.1) is 0 Å². The number of hydrogen-bond donors (Lipinski definition) is 2. The Morgan fingerprint density at radius 1 is 1.05 bits per heavy atom. The standard InChI is InChI=1S/C11H22N2O4S2/c14-18(15)7-3-11(4-8-18)19(16,17)13-9-10-1-5-12-6-2-10/h10-13H,1-9H2. The first kappa shape index (κ1) is 15.2. The molecule has 0 aromatic carbocycles. The highest BCUT2D eigenvalue weighted by Crippen LogP contribution is 2.19. The zero-order valence-electron chi connectivity index (χ0n) is 11.0. The Hall–Kier alpha value is -0.180. The molecule has 6 nitrogen and oxygen atoms in total. The van der Waals surface area contributed by atoms with Crippen molar-refractivity contribution in [2.45, 2.75) is 30.9 Å². The van der Waals surface area contributed by atoms with Crippen LogP contribution < -0.4 is 10.0 Å². The summed E-state index contributed by atoms with van der Waals surface area (Å²) in [6, 6.07) is 0. The van der Waals surface area contributed by atoms with Gasteiger partial charge in [-0.2, -0.15) is 0 Å². The smallest absolute Gasteiger partial charge is 0.214 e. The summed E-state index contributed by atoms with van der Waals surface area (Å²) in [6.45, 7) is 2.36. The Bertz CT molecular complexity index is 481. The molecule has 2 heterocycles. The lowest BCUT2D eigenvalue weighted by Gasteiger charge is -2.26. The van der Waals surface area contributed by atoms with E-state index in [1.165, 1.54) is 0 Å². The van der Waals surface area contributed by atoms with E-state index >= 15 is 0 Å². The van der Waals surface area contributed by atoms with Crippen LogP contribution in [0, 0.1) is 5.92 Å². The van der Waals surface area contributed by atoms with E-state index in [-0.39, 0.29) is 24.3 Å². The third kappa shape index (κ3) is 4.40. The third-order valence-corrected chi connectivity index (χ3v) is 7.61. The predicted octanol–water partition coefficient (Wildman–Crippen LogP) is -0.517. The lowest BCUT2D eigenvalue weighted by Crippen LogP contribution is -2.42. The minimum absolute atomic E-state index is 0.00801. The van der Waals surface area contributed by atoms with E-state index in [0.717, 1.165) is 25.9 Å². The first-order valence-corrected chi connectivity index (χ1v) is 10.2. The summed E-state index contributed by atoms with van der Waals surface area (Å²) in [4.78, 5) is 0. The van der Waals surface area contributed by atoms with Crippen molar-refractivity contribution in [3.63, 3.8) is 0 Å². The molecule has 0 aromatic rings. The van der Waals surface area contributed by atoms with Crippen molar-refractivity contribution >= 4 is 19.9 Å². The van der Waals surface area contributed by atoms with Crippen LogP contribution in [-0.4, -0.2) is 53.2 Å². The van der Waals surface area contributed by atoms with Crippen LogP contribution in [0.1, 0.15) is 25.7 Å². The fraction of sp³-hybridized carbons (Fsp3) is 1.00. The van der Waals surface area contributed by atoms with Crippen LogP contribution in [0.2, 0.25) is 0 Å². The van der Waals surface area contributed by atoms with E-state index in [2.05, 4.69) is 10.0 Å². The van der Waals surface area contributed by atoms with E-state index in [9.17, 15) is 16.8 Å². The molecule has 0 aliphatic carbocycles. The minimum atomic E-state index is -3.37. The number of piperidine rings is 1. The molecule has 0 bridgehead atoms. The second kappa shape index (κ2) is 6.07. The second-order valence-corrected chi connectivity index (χ2v) is 9.79. The summed E-state index contributed by atoms with van der Waals surface area (Å²) in [5.74, 6) is 0.376. The van der Waals surface area contributed by atoms with Crippen LogP contribution in [0.25, 0.3) is 0 Å². The molecule has 2 N–H and O–H groups in total. The molecule has 112 valence electrons. The normalized spacial score (nSPS) is 26.3. The molecule has 2 aliphatic rings. The van der Waals surface area contributed by atoms with Crippen LogP contribution in [-0.2, 0) is 19.9 Å². The average molecular weight is 310 g/mol. The van der Waals surface area contributed by atoms with Gasteiger partial charge in [-0.25, -0.2) is 21.6 Å². The van der Waals surface area contributed by atoms with Crippen LogP contribution in [0.5, 0.6) is 0 Å². The van der Waals surface area contributed by atoms with Gasteiger partial charge in [-0.1, -0.05) is 0 Å². The Morgan fingerprint density at radius 3 is 2.21 bits per heavy atom. The first-order chi connectivity index (χ1) is 8.89. The first-order valence-electron chi connectivity index (χ1n) is 6.79. The Kier molecular flexibility index (Phi) is 4.86. The average Bonchev–Trinajstić information content (AvgIpc) is 2.37. The van der Waals surface area contributed by atoms with Crippen molar-refractivity contribution in [3.05, 3.63) is 0 Å². The third-order valence-electron chi connectivity index (χ3n) is 3.97. The van der Waals surface area contributed by atoms with Crippen molar-refractivity contribution < 1.29 is 16.8 Å². The summed E-state index contributed by atoms with van der Waals surface area (Å²) in [5, 5.41) is 2.70. The second-order valence-electron chi connectivity index (χ2n) is 5.44. The summed E-state index contributed by atoms with van der Waals surface area (Å²) >= 11 is 0. The van der Waals surface area contributed by atoms with Gasteiger partial charge in [0, 0.05) is 6.54 Å². The Balaban J connectivity index is 1.84. The van der Waals surface area contributed by atoms with Gasteiger partial charge in [0.05, 0.1) is 16.8 Å². The summed E-state index contributed by atoms with van der Waals surface area (Å²) in [6.07, 6.45) is 2.43. The molecule has 0 unspecified atom stereocenters. The number of rotatable bonds is 4. The molecule has 8 heteroatoms. The van der Waals surface area contributed by atoms with Gasteiger partial charge in [-0.05, 0) is 44.7 Å². The van der Waals surface area contributed by atoms with Gasteiger partial charge in [-0.3, -0.25) is 0 Å². The van der Waals surface area contributed by atoms with Crippen molar-refractivity contribution in [2.24, 2.45) is 5.92 Å². The predicted molar refractivity (Wildman–Crippen MR) is 74.2 cm³/mol. The monoisotopic (exact) mass is 310 g/mol. The lowest BCUT2D eigenvalue weighted by atomic mass is 9.99. The van der Waals surface area contributed by atoms with Gasteiger partial charge < -0.3 is 5.32 Å². The molecule has 0 amide bonds. The zero-order valence-corrected chi connectivity index (χ0v) is 12.6. The van der Waals surface area contributed by atoms with Crippen LogP contribution in [0.3, 0.4) is 0 Å². The van der Waals surface area contributed by atoms with E-state index in [1.54, 1.807) is 0 Å². The maximum atomic E-state index is 12.1. The van der Waals surface area contributed by atoms with E-state index in [1.807, 2.05) is 0 Å². The molecule has 0 radical (unpaired) electrons. The summed E-state index contributed by atoms with van der Waals surface area (Å²) in [7, 11) is -6.38. The number of sulfone groups is 1. The molecule has 0 aromatic heterocycles. The van der Waals surface area contributed by atoms with Crippen LogP contribution in [0.4, 0.5) is 0 Å². The fourth-order valence-electron chi connectivity index (χ4n) is 2.62. The van der Waals surface area contributed by atoms with E-state index in [0.29, 0.717) is 12.5 Å². The molecule has 2 aliphatic heterocycles. The van der Waals surface area contributed by atoms with Crippen molar-refractivity contribution in [2.75, 3.05) is 31.1 Å². The van der Waals surface area contributed by atoms with Crippen molar-refractivity contribution in [3.8, 4) is 0 Å². The number of sulfonamides is 1. The van der Waals surface area contributed by atoms with Crippen LogP contribution in [0.15, 0.2) is 0 Å². The van der Waals surface area contributed by atoms with Crippen molar-refractivity contribution in [1.29, 1.82) is 0 Å². The molecule has 19 heavy (non-hydrogen) atoms. The molecular weight excluding hydrogens is 288 g/mol. The highest BCUT2D eigenvalue weighted by atomic mass is 32.2. The molecule has 0 spiro atoms. The fourth-order valence-corrected chi connectivity index (χ4v) is 5.97. The maximum absolute atomic E-state index is 12.1. The van der Waals surface area contributed by atoms with Crippen LogP contribution >= 0.6 is 0 Å². The minimum Gasteiger partial charge on any atom is -0.317 e. The van der Waals surface area contributed by atoms with E-state index in [4.69, 9.17) is 0 Å². The quantitative estimate of drug-likeness (QED) is 0.729. The largest absolute Gasteiger partial charge is 0.317 e. The number of nitrogens with one attached hydrogen (secondary N) is 2. The topological polar surface area (TPSA) is 92.3 Å². The van der Waals surface area contributed by atoms with Gasteiger partial charge in [0.15, 0.2) is 0 Å². The highest BCUT2D eigenvalue weighted by molar-refractivity contribution is 7.92. The molecule has 2 fully saturated rings. The van der Waals surface area contributed by atoms with Gasteiger partial charge in [0.2, 0.25) is 10.0 Å². The van der Waals surface area contributed by atoms with Crippen molar-refractivity contribution in [1.82, 2.24) is 10.0 Å². The SMILES string of the molecule is O=S1(=O)CCC(S(=O)(=O)NCC2CCNCC2)CC1. The molecule has 2 saturated heterocycles. The Labute approximate surface area is 115 Å². The van der Waals surface area contributed by atoms with E-state index < -0.39 is 25.1 Å². The van der Waals surface area contributed by atoms with Gasteiger partial charge >= 0.3 is 0 Å². The summed E-state index contributed by atoms with van der Waals surface area (Å²) in [5.41, 5.74) is 0. The molecule has 0 saturated carbocycles. The zero-order chi connectivity index (χ0) is 13.9. The molecule has 2 rings (SSSR count). The number of hydrogen-bond acceptors (Lipinski definition) is 5. The lowest BCUT2D eigenvalue weighted by molar-refractivity contribution is 0.371. The molecule has 0 atom stereocenters.